The van der Waals surface area contributed by atoms with E-state index in [4.69, 9.17) is 0 Å². The fourth-order valence-corrected chi connectivity index (χ4v) is 3.51. The van der Waals surface area contributed by atoms with Crippen LogP contribution in [0.2, 0.25) is 0 Å². The molecule has 2 heterocycles. The third-order valence-electron chi connectivity index (χ3n) is 3.93. The number of fused-ring (bicyclic) bond motifs is 1. The summed E-state index contributed by atoms with van der Waals surface area (Å²) in [5, 5.41) is 4.94. The van der Waals surface area contributed by atoms with Crippen molar-refractivity contribution in [2.45, 2.75) is 25.9 Å². The van der Waals surface area contributed by atoms with E-state index < -0.39 is 6.04 Å². The number of hydrogen-bond acceptors (Lipinski definition) is 3. The Hall–Kier alpha value is -2.14. The van der Waals surface area contributed by atoms with Crippen molar-refractivity contribution in [3.8, 4) is 0 Å². The second-order valence-electron chi connectivity index (χ2n) is 5.26. The van der Waals surface area contributed by atoms with Crippen LogP contribution in [0.3, 0.4) is 0 Å². The maximum absolute atomic E-state index is 12.7. The van der Waals surface area contributed by atoms with Gasteiger partial charge in [-0.1, -0.05) is 30.3 Å². The number of nitrogens with zero attached hydrogens (tertiary/aromatic N) is 1. The Morgan fingerprint density at radius 1 is 1.32 bits per heavy atom. The van der Waals surface area contributed by atoms with Gasteiger partial charge < -0.3 is 10.2 Å². The molecule has 1 aliphatic rings. The Kier molecular flexibility index (Phi) is 4.24. The molecule has 0 aliphatic carbocycles. The molecule has 114 valence electrons. The highest BCUT2D eigenvalue weighted by molar-refractivity contribution is 7.09. The van der Waals surface area contributed by atoms with Crippen LogP contribution in [-0.2, 0) is 22.6 Å². The van der Waals surface area contributed by atoms with Crippen LogP contribution < -0.4 is 5.32 Å². The summed E-state index contributed by atoms with van der Waals surface area (Å²) in [4.78, 5) is 27.7. The second kappa shape index (κ2) is 6.32. The Morgan fingerprint density at radius 2 is 2.14 bits per heavy atom. The normalized spacial score (nSPS) is 17.2. The minimum Gasteiger partial charge on any atom is -0.349 e. The van der Waals surface area contributed by atoms with E-state index in [0.29, 0.717) is 19.5 Å². The fraction of sp³-hybridized carbons (Fsp3) is 0.294. The van der Waals surface area contributed by atoms with Crippen molar-refractivity contribution in [3.63, 3.8) is 0 Å². The van der Waals surface area contributed by atoms with Crippen molar-refractivity contribution in [1.82, 2.24) is 10.2 Å². The van der Waals surface area contributed by atoms with E-state index in [9.17, 15) is 9.59 Å². The van der Waals surface area contributed by atoms with Gasteiger partial charge in [0.1, 0.15) is 6.04 Å². The molecule has 4 nitrogen and oxygen atoms in total. The highest BCUT2D eigenvalue weighted by Gasteiger charge is 2.35. The van der Waals surface area contributed by atoms with Crippen molar-refractivity contribution in [2.75, 3.05) is 6.54 Å². The zero-order valence-electron chi connectivity index (χ0n) is 12.4. The molecule has 1 aliphatic heterocycles. The number of benzene rings is 1. The van der Waals surface area contributed by atoms with Crippen molar-refractivity contribution < 1.29 is 9.59 Å². The Bertz CT molecular complexity index is 682. The van der Waals surface area contributed by atoms with Crippen LogP contribution in [-0.4, -0.2) is 23.3 Å². The van der Waals surface area contributed by atoms with Crippen molar-refractivity contribution in [1.29, 1.82) is 0 Å². The van der Waals surface area contributed by atoms with Crippen LogP contribution in [0.5, 0.6) is 0 Å². The van der Waals surface area contributed by atoms with Crippen LogP contribution in [0.4, 0.5) is 0 Å². The summed E-state index contributed by atoms with van der Waals surface area (Å²) in [7, 11) is 0. The average molecular weight is 314 g/mol. The Morgan fingerprint density at radius 3 is 2.86 bits per heavy atom. The van der Waals surface area contributed by atoms with E-state index in [-0.39, 0.29) is 11.8 Å². The number of likely N-dealkylation sites (N-methyl/N-ethyl adjacent to an activating group) is 1. The van der Waals surface area contributed by atoms with Gasteiger partial charge in [0.2, 0.25) is 11.8 Å². The number of hydrogen-bond donors (Lipinski definition) is 1. The lowest BCUT2D eigenvalue weighted by Gasteiger charge is -2.35. The largest absolute Gasteiger partial charge is 0.349 e. The molecule has 1 unspecified atom stereocenters. The molecule has 1 aromatic heterocycles. The SMILES string of the molecule is CCN1C(=O)Cc2ccccc2C1C(=O)NCc1cccs1. The molecule has 2 aromatic rings. The molecule has 0 saturated carbocycles. The number of nitrogens with one attached hydrogen (secondary N) is 1. The average Bonchev–Trinajstić information content (AvgIpc) is 3.04. The standard InChI is InChI=1S/C17H18N2O2S/c1-2-19-15(20)10-12-6-3-4-8-14(12)16(19)17(21)18-11-13-7-5-9-22-13/h3-9,16H,2,10-11H2,1H3,(H,18,21). The summed E-state index contributed by atoms with van der Waals surface area (Å²) in [6.45, 7) is 2.94. The molecule has 1 aromatic carbocycles. The van der Waals surface area contributed by atoms with Crippen LogP contribution in [0, 0.1) is 0 Å². The molecular formula is C17H18N2O2S. The third-order valence-corrected chi connectivity index (χ3v) is 4.81. The minimum absolute atomic E-state index is 0.0115. The predicted molar refractivity (Wildman–Crippen MR) is 86.4 cm³/mol. The van der Waals surface area contributed by atoms with Gasteiger partial charge in [0.15, 0.2) is 0 Å². The van der Waals surface area contributed by atoms with Gasteiger partial charge in [-0.3, -0.25) is 9.59 Å². The summed E-state index contributed by atoms with van der Waals surface area (Å²) in [6.07, 6.45) is 0.374. The van der Waals surface area contributed by atoms with Gasteiger partial charge in [-0.15, -0.1) is 11.3 Å². The molecule has 0 spiro atoms. The summed E-state index contributed by atoms with van der Waals surface area (Å²) in [5.41, 5.74) is 1.89. The van der Waals surface area contributed by atoms with Crippen LogP contribution in [0.25, 0.3) is 0 Å². The summed E-state index contributed by atoms with van der Waals surface area (Å²) in [6, 6.07) is 11.1. The van der Waals surface area contributed by atoms with E-state index in [0.717, 1.165) is 16.0 Å². The number of amides is 2. The number of thiophene rings is 1. The Balaban J connectivity index is 1.85. The number of carbonyl (C=O) groups is 2. The van der Waals surface area contributed by atoms with Gasteiger partial charge in [-0.2, -0.15) is 0 Å². The highest BCUT2D eigenvalue weighted by Crippen LogP contribution is 2.30. The maximum atomic E-state index is 12.7. The first-order valence-corrected chi connectivity index (χ1v) is 8.26. The van der Waals surface area contributed by atoms with Crippen molar-refractivity contribution in [3.05, 3.63) is 57.8 Å². The lowest BCUT2D eigenvalue weighted by Crippen LogP contribution is -2.47. The smallest absolute Gasteiger partial charge is 0.247 e. The number of rotatable bonds is 4. The van der Waals surface area contributed by atoms with Crippen molar-refractivity contribution >= 4 is 23.2 Å². The first kappa shape index (κ1) is 14.8. The van der Waals surface area contributed by atoms with E-state index in [2.05, 4.69) is 5.32 Å². The third kappa shape index (κ3) is 2.76. The van der Waals surface area contributed by atoms with Gasteiger partial charge in [0, 0.05) is 11.4 Å². The molecule has 1 N–H and O–H groups in total. The summed E-state index contributed by atoms with van der Waals surface area (Å²) in [5.74, 6) is -0.103. The molecule has 0 radical (unpaired) electrons. The lowest BCUT2D eigenvalue weighted by molar-refractivity contribution is -0.141. The van der Waals surface area contributed by atoms with E-state index in [1.165, 1.54) is 0 Å². The summed E-state index contributed by atoms with van der Waals surface area (Å²) >= 11 is 1.61. The molecule has 5 heteroatoms. The van der Waals surface area contributed by atoms with Gasteiger partial charge in [-0.25, -0.2) is 0 Å². The topological polar surface area (TPSA) is 49.4 Å². The molecule has 22 heavy (non-hydrogen) atoms. The van der Waals surface area contributed by atoms with Crippen LogP contribution >= 0.6 is 11.3 Å². The first-order chi connectivity index (χ1) is 10.7. The van der Waals surface area contributed by atoms with Gasteiger partial charge in [0.05, 0.1) is 13.0 Å². The summed E-state index contributed by atoms with van der Waals surface area (Å²) < 4.78 is 0. The quantitative estimate of drug-likeness (QED) is 0.942. The Labute approximate surface area is 133 Å². The van der Waals surface area contributed by atoms with Crippen molar-refractivity contribution in [2.24, 2.45) is 0 Å². The van der Waals surface area contributed by atoms with Crippen LogP contribution in [0.15, 0.2) is 41.8 Å². The molecule has 2 amide bonds. The molecule has 3 rings (SSSR count). The second-order valence-corrected chi connectivity index (χ2v) is 6.29. The highest BCUT2D eigenvalue weighted by atomic mass is 32.1. The zero-order valence-corrected chi connectivity index (χ0v) is 13.2. The maximum Gasteiger partial charge on any atom is 0.247 e. The molecular weight excluding hydrogens is 296 g/mol. The van der Waals surface area contributed by atoms with E-state index >= 15 is 0 Å². The fourth-order valence-electron chi connectivity index (χ4n) is 2.86. The van der Waals surface area contributed by atoms with Gasteiger partial charge >= 0.3 is 0 Å². The monoisotopic (exact) mass is 314 g/mol. The molecule has 0 fully saturated rings. The molecule has 0 bridgehead atoms. The predicted octanol–water partition coefficient (Wildman–Crippen LogP) is 2.51. The van der Waals surface area contributed by atoms with E-state index in [1.54, 1.807) is 16.2 Å². The van der Waals surface area contributed by atoms with E-state index in [1.807, 2.05) is 48.7 Å². The number of carbonyl (C=O) groups excluding carboxylic acids is 2. The molecule has 0 saturated heterocycles. The van der Waals surface area contributed by atoms with Gasteiger partial charge in [-0.05, 0) is 29.5 Å². The zero-order chi connectivity index (χ0) is 15.5. The first-order valence-electron chi connectivity index (χ1n) is 7.38. The lowest BCUT2D eigenvalue weighted by atomic mass is 9.91. The molecule has 1 atom stereocenters. The van der Waals surface area contributed by atoms with Crippen LogP contribution in [0.1, 0.15) is 29.0 Å². The minimum atomic E-state index is -0.526. The van der Waals surface area contributed by atoms with Gasteiger partial charge in [0.25, 0.3) is 0 Å².